The second kappa shape index (κ2) is 5.22. The molecule has 6 heteroatoms. The molecule has 2 aliphatic heterocycles. The van der Waals surface area contributed by atoms with Crippen molar-refractivity contribution in [3.8, 4) is 16.9 Å². The van der Waals surface area contributed by atoms with Gasteiger partial charge >= 0.3 is 5.97 Å². The van der Waals surface area contributed by atoms with E-state index >= 15 is 0 Å². The van der Waals surface area contributed by atoms with Gasteiger partial charge in [-0.25, -0.2) is 0 Å². The Hall–Kier alpha value is -2.10. The van der Waals surface area contributed by atoms with Gasteiger partial charge in [-0.1, -0.05) is 36.4 Å². The number of hydrogen-bond acceptors (Lipinski definition) is 5. The summed E-state index contributed by atoms with van der Waals surface area (Å²) in [7, 11) is -3.26. The third kappa shape index (κ3) is 2.37. The molecule has 2 aromatic carbocycles. The monoisotopic (exact) mass is 330 g/mol. The highest BCUT2D eigenvalue weighted by Crippen LogP contribution is 2.56. The SMILES string of the molecule is O=C1OC(O)CC1CP1(=O)Oc2ccccc2-c2ccccc21. The summed E-state index contributed by atoms with van der Waals surface area (Å²) in [5.74, 6) is -0.580. The molecule has 0 saturated carbocycles. The van der Waals surface area contributed by atoms with Crippen molar-refractivity contribution in [2.24, 2.45) is 5.92 Å². The molecule has 4 rings (SSSR count). The quantitative estimate of drug-likeness (QED) is 0.677. The maximum atomic E-state index is 13.5. The lowest BCUT2D eigenvalue weighted by molar-refractivity contribution is -0.155. The van der Waals surface area contributed by atoms with Crippen molar-refractivity contribution in [1.82, 2.24) is 0 Å². The van der Waals surface area contributed by atoms with E-state index in [0.29, 0.717) is 11.1 Å². The number of carbonyl (C=O) groups excluding carboxylic acids is 1. The first-order valence-electron chi connectivity index (χ1n) is 7.43. The first kappa shape index (κ1) is 14.5. The van der Waals surface area contributed by atoms with Crippen LogP contribution in [-0.4, -0.2) is 23.5 Å². The van der Waals surface area contributed by atoms with Crippen LogP contribution in [0.3, 0.4) is 0 Å². The smallest absolute Gasteiger partial charge is 0.312 e. The molecular weight excluding hydrogens is 315 g/mol. The van der Waals surface area contributed by atoms with Gasteiger partial charge in [0, 0.05) is 12.0 Å². The van der Waals surface area contributed by atoms with Crippen LogP contribution < -0.4 is 9.83 Å². The lowest BCUT2D eigenvalue weighted by Gasteiger charge is -2.29. The van der Waals surface area contributed by atoms with Gasteiger partial charge in [0.05, 0.1) is 17.4 Å². The Kier molecular flexibility index (Phi) is 3.29. The van der Waals surface area contributed by atoms with Crippen molar-refractivity contribution in [1.29, 1.82) is 0 Å². The number of ether oxygens (including phenoxy) is 1. The van der Waals surface area contributed by atoms with Gasteiger partial charge in [0.1, 0.15) is 5.75 Å². The number of esters is 1. The third-order valence-corrected chi connectivity index (χ3v) is 6.76. The lowest BCUT2D eigenvalue weighted by Crippen LogP contribution is -2.24. The molecule has 0 spiro atoms. The van der Waals surface area contributed by atoms with Gasteiger partial charge < -0.3 is 14.4 Å². The van der Waals surface area contributed by atoms with E-state index in [1.54, 1.807) is 12.1 Å². The van der Waals surface area contributed by atoms with Gasteiger partial charge in [-0.3, -0.25) is 9.36 Å². The van der Waals surface area contributed by atoms with Crippen LogP contribution in [0.2, 0.25) is 0 Å². The summed E-state index contributed by atoms with van der Waals surface area (Å²) in [6.45, 7) is 0. The molecule has 0 bridgehead atoms. The van der Waals surface area contributed by atoms with Crippen LogP contribution in [0.4, 0.5) is 0 Å². The number of rotatable bonds is 2. The number of benzene rings is 2. The van der Waals surface area contributed by atoms with E-state index in [0.717, 1.165) is 11.1 Å². The molecule has 118 valence electrons. The minimum atomic E-state index is -3.26. The predicted molar refractivity (Wildman–Crippen MR) is 84.8 cm³/mol. The number of aliphatic hydroxyl groups excluding tert-OH is 1. The molecule has 0 amide bonds. The molecule has 2 aliphatic rings. The molecule has 23 heavy (non-hydrogen) atoms. The summed E-state index contributed by atoms with van der Waals surface area (Å²) in [6.07, 6.45) is -0.934. The highest BCUT2D eigenvalue weighted by atomic mass is 31.2. The zero-order valence-electron chi connectivity index (χ0n) is 12.2. The molecule has 0 aliphatic carbocycles. The van der Waals surface area contributed by atoms with Gasteiger partial charge in [-0.05, 0) is 17.7 Å². The van der Waals surface area contributed by atoms with Crippen molar-refractivity contribution in [2.45, 2.75) is 12.7 Å². The van der Waals surface area contributed by atoms with Crippen molar-refractivity contribution in [3.05, 3.63) is 48.5 Å². The van der Waals surface area contributed by atoms with E-state index in [-0.39, 0.29) is 12.6 Å². The van der Waals surface area contributed by atoms with Crippen LogP contribution in [0.25, 0.3) is 11.1 Å². The molecule has 2 aromatic rings. The Balaban J connectivity index is 1.78. The van der Waals surface area contributed by atoms with Crippen LogP contribution in [0.5, 0.6) is 5.75 Å². The Labute approximate surface area is 133 Å². The first-order valence-corrected chi connectivity index (χ1v) is 9.24. The number of cyclic esters (lactones) is 1. The molecule has 3 atom stereocenters. The molecule has 1 N–H and O–H groups in total. The molecule has 5 nitrogen and oxygen atoms in total. The summed E-state index contributed by atoms with van der Waals surface area (Å²) in [4.78, 5) is 11.8. The summed E-state index contributed by atoms with van der Waals surface area (Å²) in [5, 5.41) is 10.1. The molecule has 1 saturated heterocycles. The predicted octanol–water partition coefficient (Wildman–Crippen LogP) is 2.53. The van der Waals surface area contributed by atoms with Crippen LogP contribution in [0.1, 0.15) is 6.42 Å². The number of para-hydroxylation sites is 1. The Bertz CT molecular complexity index is 831. The number of aliphatic hydroxyl groups is 1. The van der Waals surface area contributed by atoms with E-state index in [2.05, 4.69) is 0 Å². The maximum absolute atomic E-state index is 13.5. The number of hydrogen-bond donors (Lipinski definition) is 1. The fourth-order valence-electron chi connectivity index (χ4n) is 3.17. The molecule has 3 unspecified atom stereocenters. The second-order valence-corrected chi connectivity index (χ2v) is 8.16. The van der Waals surface area contributed by atoms with Crippen LogP contribution in [0, 0.1) is 5.92 Å². The first-order chi connectivity index (χ1) is 11.1. The summed E-state index contributed by atoms with van der Waals surface area (Å²) < 4.78 is 24.1. The second-order valence-electron chi connectivity index (χ2n) is 5.78. The van der Waals surface area contributed by atoms with Gasteiger partial charge in [0.2, 0.25) is 6.29 Å². The van der Waals surface area contributed by atoms with Crippen LogP contribution in [0.15, 0.2) is 48.5 Å². The fraction of sp³-hybridized carbons (Fsp3) is 0.235. The average molecular weight is 330 g/mol. The van der Waals surface area contributed by atoms with E-state index in [4.69, 9.17) is 9.26 Å². The summed E-state index contributed by atoms with van der Waals surface area (Å²) in [6, 6.07) is 14.8. The Morgan fingerprint density at radius 2 is 1.78 bits per heavy atom. The summed E-state index contributed by atoms with van der Waals surface area (Å²) >= 11 is 0. The Morgan fingerprint density at radius 3 is 2.52 bits per heavy atom. The van der Waals surface area contributed by atoms with E-state index < -0.39 is 25.5 Å². The van der Waals surface area contributed by atoms with Crippen molar-refractivity contribution >= 4 is 18.6 Å². The number of fused-ring (bicyclic) bond motifs is 3. The lowest BCUT2D eigenvalue weighted by atomic mass is 10.0. The van der Waals surface area contributed by atoms with E-state index in [9.17, 15) is 14.5 Å². The highest BCUT2D eigenvalue weighted by molar-refractivity contribution is 7.67. The fourth-order valence-corrected chi connectivity index (χ4v) is 5.77. The van der Waals surface area contributed by atoms with Crippen molar-refractivity contribution in [2.75, 3.05) is 6.16 Å². The topological polar surface area (TPSA) is 72.8 Å². The Morgan fingerprint density at radius 1 is 1.09 bits per heavy atom. The van der Waals surface area contributed by atoms with Gasteiger partial charge in [-0.15, -0.1) is 0 Å². The van der Waals surface area contributed by atoms with E-state index in [1.807, 2.05) is 36.4 Å². The summed E-state index contributed by atoms with van der Waals surface area (Å²) in [5.41, 5.74) is 1.76. The normalized spacial score (nSPS) is 28.5. The van der Waals surface area contributed by atoms with Crippen molar-refractivity contribution in [3.63, 3.8) is 0 Å². The molecule has 0 radical (unpaired) electrons. The minimum absolute atomic E-state index is 0.0360. The standard InChI is InChI=1S/C17H15O5P/c18-16-9-11(17(19)21-16)10-23(20)15-8-4-2-6-13(15)12-5-1-3-7-14(12)22-23/h1-8,11,16,18H,9-10H2. The molecule has 1 fully saturated rings. The van der Waals surface area contributed by atoms with E-state index in [1.165, 1.54) is 0 Å². The molecule has 0 aromatic heterocycles. The number of carbonyl (C=O) groups is 1. The molecular formula is C17H15O5P. The maximum Gasteiger partial charge on any atom is 0.312 e. The van der Waals surface area contributed by atoms with Crippen LogP contribution in [-0.2, 0) is 14.1 Å². The van der Waals surface area contributed by atoms with Gasteiger partial charge in [-0.2, -0.15) is 0 Å². The molecule has 2 heterocycles. The average Bonchev–Trinajstić information content (AvgIpc) is 2.85. The van der Waals surface area contributed by atoms with Crippen molar-refractivity contribution < 1.29 is 23.7 Å². The van der Waals surface area contributed by atoms with Gasteiger partial charge in [0.25, 0.3) is 7.37 Å². The zero-order chi connectivity index (χ0) is 16.0. The minimum Gasteiger partial charge on any atom is -0.439 e. The largest absolute Gasteiger partial charge is 0.439 e. The van der Waals surface area contributed by atoms with Crippen LogP contribution >= 0.6 is 7.37 Å². The third-order valence-electron chi connectivity index (χ3n) is 4.23. The zero-order valence-corrected chi connectivity index (χ0v) is 13.1. The highest BCUT2D eigenvalue weighted by Gasteiger charge is 2.43. The van der Waals surface area contributed by atoms with Gasteiger partial charge in [0.15, 0.2) is 0 Å².